The molecule has 146 valence electrons. The summed E-state index contributed by atoms with van der Waals surface area (Å²) < 4.78 is 32.1. The smallest absolute Gasteiger partial charge is 0.233 e. The molecule has 2 heterocycles. The van der Waals surface area contributed by atoms with Crippen LogP contribution in [0, 0.1) is 0 Å². The summed E-state index contributed by atoms with van der Waals surface area (Å²) in [5, 5.41) is 0. The molecule has 0 aliphatic carbocycles. The zero-order valence-corrected chi connectivity index (χ0v) is 16.6. The van der Waals surface area contributed by atoms with Crippen molar-refractivity contribution in [1.82, 2.24) is 9.97 Å². The van der Waals surface area contributed by atoms with Crippen LogP contribution in [0.1, 0.15) is 0 Å². The lowest BCUT2D eigenvalue weighted by Crippen LogP contribution is -2.11. The Balaban J connectivity index is 1.80. The third-order valence-electron chi connectivity index (χ3n) is 3.07. The maximum atomic E-state index is 5.72. The van der Waals surface area contributed by atoms with Crippen LogP contribution in [0.25, 0.3) is 9.75 Å². The van der Waals surface area contributed by atoms with Crippen LogP contribution in [0.3, 0.4) is 0 Å². The summed E-state index contributed by atoms with van der Waals surface area (Å²) in [4.78, 5) is 10.4. The number of thiazole rings is 2. The summed E-state index contributed by atoms with van der Waals surface area (Å²) in [6.45, 7) is 4.02. The van der Waals surface area contributed by atoms with Crippen LogP contribution >= 0.6 is 22.7 Å². The molecule has 0 unspecified atom stereocenters. The Labute approximate surface area is 161 Å². The molecule has 10 heteroatoms. The molecule has 8 nitrogen and oxygen atoms in total. The topological polar surface area (TPSA) is 81.2 Å². The molecule has 26 heavy (non-hydrogen) atoms. The van der Waals surface area contributed by atoms with Crippen molar-refractivity contribution in [1.29, 1.82) is 0 Å². The van der Waals surface area contributed by atoms with Crippen LogP contribution in [-0.2, 0) is 18.9 Å². The average Bonchev–Trinajstić information content (AvgIpc) is 3.29. The zero-order valence-electron chi connectivity index (χ0n) is 15.0. The van der Waals surface area contributed by atoms with Crippen LogP contribution in [0.2, 0.25) is 0 Å². The van der Waals surface area contributed by atoms with Crippen LogP contribution in [-0.4, -0.2) is 77.0 Å². The summed E-state index contributed by atoms with van der Waals surface area (Å²) >= 11 is 2.98. The molecule has 0 fully saturated rings. The average molecular weight is 405 g/mol. The van der Waals surface area contributed by atoms with Crippen molar-refractivity contribution >= 4 is 22.7 Å². The van der Waals surface area contributed by atoms with E-state index in [-0.39, 0.29) is 0 Å². The molecule has 0 amide bonds. The van der Waals surface area contributed by atoms with Crippen molar-refractivity contribution in [2.24, 2.45) is 0 Å². The highest BCUT2D eigenvalue weighted by molar-refractivity contribution is 7.20. The van der Waals surface area contributed by atoms with Crippen LogP contribution < -0.4 is 9.47 Å². The lowest BCUT2D eigenvalue weighted by molar-refractivity contribution is 0.0536. The number of hydrogen-bond donors (Lipinski definition) is 0. The van der Waals surface area contributed by atoms with Gasteiger partial charge in [-0.05, 0) is 0 Å². The maximum absolute atomic E-state index is 5.72. The predicted molar refractivity (Wildman–Crippen MR) is 99.6 cm³/mol. The van der Waals surface area contributed by atoms with Crippen LogP contribution in [0.15, 0.2) is 11.0 Å². The van der Waals surface area contributed by atoms with Crippen molar-refractivity contribution < 1.29 is 28.4 Å². The van der Waals surface area contributed by atoms with Gasteiger partial charge in [0.25, 0.3) is 0 Å². The van der Waals surface area contributed by atoms with Crippen molar-refractivity contribution in [2.45, 2.75) is 0 Å². The van der Waals surface area contributed by atoms with Gasteiger partial charge in [-0.2, -0.15) is 0 Å². The first-order valence-electron chi connectivity index (χ1n) is 8.13. The molecule has 2 rings (SSSR count). The summed E-state index contributed by atoms with van der Waals surface area (Å²) in [5.74, 6) is 1.13. The quantitative estimate of drug-likeness (QED) is 0.419. The second-order valence-corrected chi connectivity index (χ2v) is 6.59. The fourth-order valence-electron chi connectivity index (χ4n) is 1.86. The molecule has 0 spiro atoms. The molecule has 0 saturated carbocycles. The molecular formula is C16H24N2O6S2. The van der Waals surface area contributed by atoms with Gasteiger partial charge in [-0.25, -0.2) is 9.97 Å². The van der Waals surface area contributed by atoms with E-state index in [0.717, 1.165) is 9.75 Å². The largest absolute Gasteiger partial charge is 0.474 e. The minimum atomic E-state index is 0.419. The first-order chi connectivity index (χ1) is 12.9. The molecule has 0 saturated heterocycles. The van der Waals surface area contributed by atoms with Gasteiger partial charge in [-0.3, -0.25) is 0 Å². The Kier molecular flexibility index (Phi) is 10.5. The lowest BCUT2D eigenvalue weighted by Gasteiger charge is -2.08. The molecule has 0 N–H and O–H groups in total. The van der Waals surface area contributed by atoms with Gasteiger partial charge in [0, 0.05) is 14.2 Å². The van der Waals surface area contributed by atoms with Gasteiger partial charge in [-0.15, -0.1) is 22.7 Å². The third-order valence-corrected chi connectivity index (χ3v) is 4.85. The molecule has 0 aromatic carbocycles. The lowest BCUT2D eigenvalue weighted by atomic mass is 10.4. The van der Waals surface area contributed by atoms with Gasteiger partial charge in [-0.1, -0.05) is 0 Å². The van der Waals surface area contributed by atoms with E-state index >= 15 is 0 Å². The van der Waals surface area contributed by atoms with Crippen molar-refractivity contribution in [2.75, 3.05) is 67.1 Å². The Bertz CT molecular complexity index is 555. The van der Waals surface area contributed by atoms with Gasteiger partial charge >= 0.3 is 0 Å². The molecule has 2 aromatic rings. The number of ether oxygens (including phenoxy) is 6. The van der Waals surface area contributed by atoms with E-state index in [1.165, 1.54) is 22.7 Å². The first-order valence-corrected chi connectivity index (χ1v) is 9.89. The first kappa shape index (κ1) is 21.0. The minimum Gasteiger partial charge on any atom is -0.474 e. The maximum Gasteiger partial charge on any atom is 0.233 e. The van der Waals surface area contributed by atoms with Crippen LogP contribution in [0.5, 0.6) is 11.8 Å². The second-order valence-electron chi connectivity index (χ2n) is 4.88. The predicted octanol–water partition coefficient (Wildman–Crippen LogP) is 2.35. The Morgan fingerprint density at radius 3 is 1.50 bits per heavy atom. The molecule has 0 atom stereocenters. The van der Waals surface area contributed by atoms with E-state index in [1.807, 2.05) is 0 Å². The van der Waals surface area contributed by atoms with Gasteiger partial charge < -0.3 is 28.4 Å². The second kappa shape index (κ2) is 13.0. The monoisotopic (exact) mass is 404 g/mol. The van der Waals surface area contributed by atoms with Crippen LogP contribution in [0.4, 0.5) is 0 Å². The summed E-state index contributed by atoms with van der Waals surface area (Å²) in [6, 6.07) is 0. The zero-order chi connectivity index (χ0) is 18.5. The Morgan fingerprint density at radius 2 is 1.08 bits per heavy atom. The highest BCUT2D eigenvalue weighted by atomic mass is 32.1. The fraction of sp³-hybridized carbons (Fsp3) is 0.625. The Morgan fingerprint density at radius 1 is 0.654 bits per heavy atom. The molecule has 0 bridgehead atoms. The number of hydrogen-bond acceptors (Lipinski definition) is 10. The third kappa shape index (κ3) is 7.14. The van der Waals surface area contributed by atoms with Gasteiger partial charge in [0.1, 0.15) is 23.0 Å². The van der Waals surface area contributed by atoms with E-state index < -0.39 is 0 Å². The van der Waals surface area contributed by atoms with E-state index in [1.54, 1.807) is 25.2 Å². The normalized spacial score (nSPS) is 11.0. The summed E-state index contributed by atoms with van der Waals surface area (Å²) in [6.07, 6.45) is 0. The summed E-state index contributed by atoms with van der Waals surface area (Å²) in [7, 11) is 3.28. The number of methoxy groups -OCH3 is 2. The van der Waals surface area contributed by atoms with Crippen molar-refractivity contribution in [3.8, 4) is 21.5 Å². The number of nitrogens with zero attached hydrogens (tertiary/aromatic N) is 2. The molecule has 2 aromatic heterocycles. The summed E-state index contributed by atoms with van der Waals surface area (Å²) in [5.41, 5.74) is 3.49. The van der Waals surface area contributed by atoms with E-state index in [4.69, 9.17) is 28.4 Å². The van der Waals surface area contributed by atoms with E-state index in [9.17, 15) is 0 Å². The highest BCUT2D eigenvalue weighted by Crippen LogP contribution is 2.41. The van der Waals surface area contributed by atoms with Gasteiger partial charge in [0.15, 0.2) is 0 Å². The van der Waals surface area contributed by atoms with Gasteiger partial charge in [0.05, 0.1) is 50.7 Å². The molecule has 0 aliphatic heterocycles. The minimum absolute atomic E-state index is 0.419. The SMILES string of the molecule is COCCOCCOc1ncsc1-c1scnc1OCCOCCOC. The molecule has 0 aliphatic rings. The van der Waals surface area contributed by atoms with Crippen molar-refractivity contribution in [3.63, 3.8) is 0 Å². The molecule has 0 radical (unpaired) electrons. The standard InChI is InChI=1S/C16H24N2O6S2/c1-19-3-5-21-7-9-23-15-13(25-11-17-15)14-16(18-12-26-14)24-10-8-22-6-4-20-2/h11-12H,3-10H2,1-2H3. The number of aromatic nitrogens is 2. The molecular weight excluding hydrogens is 380 g/mol. The van der Waals surface area contributed by atoms with E-state index in [2.05, 4.69) is 9.97 Å². The Hall–Kier alpha value is -1.30. The number of rotatable bonds is 15. The highest BCUT2D eigenvalue weighted by Gasteiger charge is 2.18. The van der Waals surface area contributed by atoms with Gasteiger partial charge in [0.2, 0.25) is 11.8 Å². The van der Waals surface area contributed by atoms with Crippen molar-refractivity contribution in [3.05, 3.63) is 11.0 Å². The van der Waals surface area contributed by atoms with E-state index in [0.29, 0.717) is 64.6 Å². The fourth-order valence-corrected chi connectivity index (χ4v) is 3.47.